The molecule has 0 aromatic heterocycles. The quantitative estimate of drug-likeness (QED) is 0.907. The predicted octanol–water partition coefficient (Wildman–Crippen LogP) is 2.69. The van der Waals surface area contributed by atoms with Crippen molar-refractivity contribution in [3.8, 4) is 0 Å². The van der Waals surface area contributed by atoms with Gasteiger partial charge in [-0.3, -0.25) is 4.79 Å². The second-order valence-electron chi connectivity index (χ2n) is 8.21. The van der Waals surface area contributed by atoms with Gasteiger partial charge in [0.2, 0.25) is 5.91 Å². The Kier molecular flexibility index (Phi) is 5.98. The van der Waals surface area contributed by atoms with E-state index in [9.17, 15) is 14.7 Å². The van der Waals surface area contributed by atoms with Crippen LogP contribution in [0.25, 0.3) is 0 Å². The van der Waals surface area contributed by atoms with Gasteiger partial charge in [-0.25, -0.2) is 0 Å². The van der Waals surface area contributed by atoms with Gasteiger partial charge in [-0.1, -0.05) is 71.9 Å². The van der Waals surface area contributed by atoms with E-state index in [0.29, 0.717) is 0 Å². The highest BCUT2D eigenvalue weighted by Crippen LogP contribution is 2.40. The summed E-state index contributed by atoms with van der Waals surface area (Å²) in [5.74, 6) is -1.55. The van der Waals surface area contributed by atoms with Crippen LogP contribution in [0.5, 0.6) is 0 Å². The number of carboxylic acids is 1. The molecule has 1 amide bonds. The Morgan fingerprint density at radius 1 is 1.00 bits per heavy atom. The van der Waals surface area contributed by atoms with E-state index >= 15 is 0 Å². The monoisotopic (exact) mass is 318 g/mol. The molecule has 1 N–H and O–H groups in total. The van der Waals surface area contributed by atoms with Crippen molar-refractivity contribution in [2.75, 3.05) is 0 Å². The van der Waals surface area contributed by atoms with Crippen LogP contribution in [0, 0.1) is 16.7 Å². The van der Waals surface area contributed by atoms with E-state index in [0.717, 1.165) is 5.56 Å². The van der Waals surface area contributed by atoms with Crippen molar-refractivity contribution in [1.29, 1.82) is 0 Å². The van der Waals surface area contributed by atoms with E-state index in [1.54, 1.807) is 0 Å². The van der Waals surface area contributed by atoms with E-state index in [1.165, 1.54) is 0 Å². The van der Waals surface area contributed by atoms with Gasteiger partial charge < -0.3 is 15.2 Å². The van der Waals surface area contributed by atoms with Crippen LogP contribution in [0.3, 0.4) is 0 Å². The minimum absolute atomic E-state index is 0.125. The largest absolute Gasteiger partial charge is 0.550 e. The molecule has 0 unspecified atom stereocenters. The third kappa shape index (κ3) is 5.70. The molecule has 128 valence electrons. The summed E-state index contributed by atoms with van der Waals surface area (Å²) in [7, 11) is 0. The van der Waals surface area contributed by atoms with E-state index in [2.05, 4.69) is 5.32 Å². The fourth-order valence-corrected chi connectivity index (χ4v) is 3.44. The number of nitrogens with one attached hydrogen (secondary N) is 1. The molecule has 1 rings (SSSR count). The summed E-state index contributed by atoms with van der Waals surface area (Å²) >= 11 is 0. The Morgan fingerprint density at radius 2 is 1.48 bits per heavy atom. The molecule has 0 saturated heterocycles. The Morgan fingerprint density at radius 3 is 1.87 bits per heavy atom. The molecule has 0 spiro atoms. The average molecular weight is 318 g/mol. The molecule has 0 aliphatic rings. The maximum Gasteiger partial charge on any atom is 0.224 e. The highest BCUT2D eigenvalue weighted by atomic mass is 16.4. The van der Waals surface area contributed by atoms with Crippen molar-refractivity contribution in [2.45, 2.75) is 54.0 Å². The van der Waals surface area contributed by atoms with Crippen LogP contribution < -0.4 is 10.4 Å². The third-order valence-electron chi connectivity index (χ3n) is 3.88. The molecule has 0 heterocycles. The van der Waals surface area contributed by atoms with Crippen LogP contribution in [-0.2, 0) is 9.59 Å². The minimum Gasteiger partial charge on any atom is -0.550 e. The van der Waals surface area contributed by atoms with Crippen molar-refractivity contribution < 1.29 is 14.7 Å². The summed E-state index contributed by atoms with van der Waals surface area (Å²) in [5.41, 5.74) is 0.308. The van der Waals surface area contributed by atoms with Crippen LogP contribution in [-0.4, -0.2) is 11.9 Å². The Hall–Kier alpha value is -1.84. The summed E-state index contributed by atoms with van der Waals surface area (Å²) in [5, 5.41) is 14.0. The molecule has 0 aliphatic carbocycles. The standard InChI is InChI=1S/C19H29NO3/c1-18(2,3)16(19(4,5)6)17(23)20-14(12-15(21)22)13-10-8-7-9-11-13/h7-11,14,16H,12H2,1-6H3,(H,20,23)(H,21,22)/p-1/t14-/m1/s1. The van der Waals surface area contributed by atoms with Gasteiger partial charge >= 0.3 is 0 Å². The summed E-state index contributed by atoms with van der Waals surface area (Å²) < 4.78 is 0. The smallest absolute Gasteiger partial charge is 0.224 e. The van der Waals surface area contributed by atoms with Gasteiger partial charge in [0.25, 0.3) is 0 Å². The van der Waals surface area contributed by atoms with Crippen LogP contribution in [0.15, 0.2) is 30.3 Å². The first-order chi connectivity index (χ1) is 10.4. The van der Waals surface area contributed by atoms with Gasteiger partial charge in [0, 0.05) is 18.3 Å². The molecular formula is C19H28NO3-. The normalized spacial score (nSPS) is 13.7. The zero-order valence-electron chi connectivity index (χ0n) is 15.0. The molecule has 1 atom stereocenters. The number of hydrogen-bond donors (Lipinski definition) is 1. The third-order valence-corrected chi connectivity index (χ3v) is 3.88. The van der Waals surface area contributed by atoms with Gasteiger partial charge in [-0.05, 0) is 16.4 Å². The molecule has 0 aliphatic heterocycles. The lowest BCUT2D eigenvalue weighted by Crippen LogP contribution is -2.46. The number of rotatable bonds is 5. The SMILES string of the molecule is CC(C)(C)C(C(=O)N[C@H](CC(=O)[O-])c1ccccc1)C(C)(C)C. The highest BCUT2D eigenvalue weighted by Gasteiger charge is 2.40. The molecule has 0 fully saturated rings. The number of benzene rings is 1. The van der Waals surface area contributed by atoms with Gasteiger partial charge in [0.1, 0.15) is 0 Å². The predicted molar refractivity (Wildman–Crippen MR) is 89.3 cm³/mol. The maximum absolute atomic E-state index is 12.9. The molecule has 0 radical (unpaired) electrons. The van der Waals surface area contributed by atoms with Gasteiger partial charge in [-0.2, -0.15) is 0 Å². The number of carbonyl (C=O) groups is 2. The maximum atomic E-state index is 12.9. The van der Waals surface area contributed by atoms with E-state index in [-0.39, 0.29) is 29.1 Å². The van der Waals surface area contributed by atoms with Crippen LogP contribution in [0.4, 0.5) is 0 Å². The lowest BCUT2D eigenvalue weighted by atomic mass is 9.66. The second kappa shape index (κ2) is 7.16. The van der Waals surface area contributed by atoms with Gasteiger partial charge in [0.15, 0.2) is 0 Å². The molecule has 4 nitrogen and oxygen atoms in total. The Balaban J connectivity index is 3.07. The first kappa shape index (κ1) is 19.2. The second-order valence-corrected chi connectivity index (χ2v) is 8.21. The van der Waals surface area contributed by atoms with Crippen molar-refractivity contribution in [1.82, 2.24) is 5.32 Å². The number of amides is 1. The molecular weight excluding hydrogens is 290 g/mol. The summed E-state index contributed by atoms with van der Waals surface area (Å²) in [4.78, 5) is 23.9. The summed E-state index contributed by atoms with van der Waals surface area (Å²) in [6.07, 6.45) is -0.239. The zero-order chi connectivity index (χ0) is 17.8. The van der Waals surface area contributed by atoms with Crippen molar-refractivity contribution in [3.05, 3.63) is 35.9 Å². The molecule has 4 heteroatoms. The number of carbonyl (C=O) groups excluding carboxylic acids is 2. The van der Waals surface area contributed by atoms with Crippen molar-refractivity contribution in [3.63, 3.8) is 0 Å². The topological polar surface area (TPSA) is 69.2 Å². The Bertz CT molecular complexity index is 524. The van der Waals surface area contributed by atoms with E-state index in [4.69, 9.17) is 0 Å². The number of aliphatic carboxylic acids is 1. The lowest BCUT2D eigenvalue weighted by molar-refractivity contribution is -0.306. The van der Waals surface area contributed by atoms with Crippen molar-refractivity contribution >= 4 is 11.9 Å². The van der Waals surface area contributed by atoms with Crippen LogP contribution >= 0.6 is 0 Å². The molecule has 1 aromatic rings. The van der Waals surface area contributed by atoms with E-state index < -0.39 is 12.0 Å². The van der Waals surface area contributed by atoms with Gasteiger partial charge in [0.05, 0.1) is 6.04 Å². The van der Waals surface area contributed by atoms with Gasteiger partial charge in [-0.15, -0.1) is 0 Å². The zero-order valence-corrected chi connectivity index (χ0v) is 15.0. The first-order valence-electron chi connectivity index (χ1n) is 7.98. The van der Waals surface area contributed by atoms with Crippen LogP contribution in [0.2, 0.25) is 0 Å². The number of carboxylic acid groups (broad SMARTS) is 1. The molecule has 0 saturated carbocycles. The molecule has 23 heavy (non-hydrogen) atoms. The Labute approximate surface area is 139 Å². The molecule has 1 aromatic carbocycles. The molecule has 0 bridgehead atoms. The average Bonchev–Trinajstić information content (AvgIpc) is 2.34. The first-order valence-corrected chi connectivity index (χ1v) is 7.98. The fraction of sp³-hybridized carbons (Fsp3) is 0.579. The highest BCUT2D eigenvalue weighted by molar-refractivity contribution is 5.81. The lowest BCUT2D eigenvalue weighted by Gasteiger charge is -2.40. The van der Waals surface area contributed by atoms with Crippen LogP contribution in [0.1, 0.15) is 59.6 Å². The van der Waals surface area contributed by atoms with E-state index in [1.807, 2.05) is 71.9 Å². The summed E-state index contributed by atoms with van der Waals surface area (Å²) in [6.45, 7) is 12.2. The summed E-state index contributed by atoms with van der Waals surface area (Å²) in [6, 6.07) is 8.56. The minimum atomic E-state index is -1.18. The fourth-order valence-electron chi connectivity index (χ4n) is 3.44. The number of hydrogen-bond acceptors (Lipinski definition) is 3. The van der Waals surface area contributed by atoms with Crippen molar-refractivity contribution in [2.24, 2.45) is 16.7 Å².